The molecule has 1 aliphatic heterocycles. The number of hydrogen-bond donors (Lipinski definition) is 1. The minimum absolute atomic E-state index is 0.189. The van der Waals surface area contributed by atoms with Crippen molar-refractivity contribution in [2.24, 2.45) is 7.05 Å². The fraction of sp³-hybridized carbons (Fsp3) is 0.286. The zero-order valence-corrected chi connectivity index (χ0v) is 16.8. The average Bonchev–Trinajstić information content (AvgIpc) is 2.89. The third kappa shape index (κ3) is 3.14. The van der Waals surface area contributed by atoms with Crippen molar-refractivity contribution >= 4 is 34.2 Å². The number of methoxy groups -OCH3 is 2. The summed E-state index contributed by atoms with van der Waals surface area (Å²) in [6.07, 6.45) is 2.96. The quantitative estimate of drug-likeness (QED) is 0.708. The third-order valence-electron chi connectivity index (χ3n) is 5.19. The van der Waals surface area contributed by atoms with Gasteiger partial charge in [-0.15, -0.1) is 0 Å². The number of amides is 2. The van der Waals surface area contributed by atoms with Crippen LogP contribution in [-0.2, 0) is 20.0 Å². The van der Waals surface area contributed by atoms with Gasteiger partial charge >= 0.3 is 6.03 Å². The molecule has 0 saturated heterocycles. The van der Waals surface area contributed by atoms with Crippen LogP contribution >= 0.6 is 11.6 Å². The Bertz CT molecular complexity index is 1060. The zero-order valence-electron chi connectivity index (χ0n) is 16.1. The van der Waals surface area contributed by atoms with Gasteiger partial charge in [0.15, 0.2) is 0 Å². The number of aryl methyl sites for hydroxylation is 1. The van der Waals surface area contributed by atoms with Crippen LogP contribution in [0.1, 0.15) is 11.1 Å². The molecule has 3 aromatic rings. The molecule has 0 radical (unpaired) electrons. The summed E-state index contributed by atoms with van der Waals surface area (Å²) in [5.74, 6) is 0.990. The van der Waals surface area contributed by atoms with E-state index in [0.717, 1.165) is 12.0 Å². The molecule has 0 fully saturated rings. The molecule has 2 amide bonds. The number of anilines is 1. The first kappa shape index (κ1) is 18.5. The van der Waals surface area contributed by atoms with Crippen LogP contribution in [0, 0.1) is 0 Å². The molecule has 2 heterocycles. The van der Waals surface area contributed by atoms with Crippen molar-refractivity contribution < 1.29 is 14.3 Å². The summed E-state index contributed by atoms with van der Waals surface area (Å²) in [7, 11) is 5.14. The molecule has 1 N–H and O–H groups in total. The van der Waals surface area contributed by atoms with Crippen LogP contribution < -0.4 is 14.8 Å². The first-order valence-corrected chi connectivity index (χ1v) is 9.43. The smallest absolute Gasteiger partial charge is 0.322 e. The molecule has 4 rings (SSSR count). The first-order chi connectivity index (χ1) is 13.5. The molecular weight excluding hydrogens is 378 g/mol. The van der Waals surface area contributed by atoms with E-state index in [2.05, 4.69) is 35.3 Å². The Kier molecular flexibility index (Phi) is 4.81. The Labute approximate surface area is 168 Å². The molecule has 1 aliphatic rings. The van der Waals surface area contributed by atoms with Crippen LogP contribution in [0.5, 0.6) is 11.5 Å². The largest absolute Gasteiger partial charge is 0.495 e. The van der Waals surface area contributed by atoms with Crippen molar-refractivity contribution in [2.45, 2.75) is 13.0 Å². The van der Waals surface area contributed by atoms with E-state index < -0.39 is 0 Å². The number of ether oxygens (including phenoxy) is 2. The number of benzene rings is 2. The van der Waals surface area contributed by atoms with Gasteiger partial charge in [0, 0.05) is 43.3 Å². The second-order valence-corrected chi connectivity index (χ2v) is 7.27. The van der Waals surface area contributed by atoms with Gasteiger partial charge in [-0.05, 0) is 29.7 Å². The minimum Gasteiger partial charge on any atom is -0.495 e. The summed E-state index contributed by atoms with van der Waals surface area (Å²) < 4.78 is 12.7. The maximum absolute atomic E-state index is 13.0. The summed E-state index contributed by atoms with van der Waals surface area (Å²) in [4.78, 5) is 14.8. The lowest BCUT2D eigenvalue weighted by Gasteiger charge is -2.23. The van der Waals surface area contributed by atoms with Crippen LogP contribution in [-0.4, -0.2) is 36.3 Å². The van der Waals surface area contributed by atoms with Crippen LogP contribution in [0.3, 0.4) is 0 Å². The van der Waals surface area contributed by atoms with E-state index in [9.17, 15) is 4.79 Å². The molecule has 0 bridgehead atoms. The number of carbonyl (C=O) groups is 1. The SMILES string of the molecule is COc1cc(OC)c(NC(=O)N2CCc3cn(C)c4cccc(c34)C2)cc1Cl. The lowest BCUT2D eigenvalue weighted by atomic mass is 10.1. The van der Waals surface area contributed by atoms with Gasteiger partial charge in [0.1, 0.15) is 11.5 Å². The summed E-state index contributed by atoms with van der Waals surface area (Å²) in [5.41, 5.74) is 4.13. The first-order valence-electron chi connectivity index (χ1n) is 9.05. The Morgan fingerprint density at radius 2 is 1.93 bits per heavy atom. The number of hydrogen-bond acceptors (Lipinski definition) is 3. The van der Waals surface area contributed by atoms with Crippen LogP contribution in [0.15, 0.2) is 36.5 Å². The molecule has 7 heteroatoms. The van der Waals surface area contributed by atoms with Gasteiger partial charge in [-0.25, -0.2) is 4.79 Å². The molecule has 0 saturated carbocycles. The van der Waals surface area contributed by atoms with Crippen LogP contribution in [0.2, 0.25) is 5.02 Å². The Morgan fingerprint density at radius 3 is 2.68 bits per heavy atom. The molecule has 1 aromatic heterocycles. The van der Waals surface area contributed by atoms with E-state index in [1.165, 1.54) is 23.6 Å². The van der Waals surface area contributed by atoms with E-state index in [0.29, 0.717) is 35.3 Å². The standard InChI is InChI=1S/C21H22ClN3O3/c1-24-11-14-7-8-25(12-13-5-4-6-17(24)20(13)14)21(26)23-16-9-15(22)18(27-2)10-19(16)28-3/h4-6,9-11H,7-8,12H2,1-3H3,(H,23,26). The molecular formula is C21H22ClN3O3. The molecule has 2 aromatic carbocycles. The lowest BCUT2D eigenvalue weighted by molar-refractivity contribution is 0.210. The average molecular weight is 400 g/mol. The van der Waals surface area contributed by atoms with Crippen LogP contribution in [0.4, 0.5) is 10.5 Å². The number of urea groups is 1. The van der Waals surface area contributed by atoms with E-state index in [-0.39, 0.29) is 6.03 Å². The number of aromatic nitrogens is 1. The molecule has 0 spiro atoms. The van der Waals surface area contributed by atoms with Gasteiger partial charge in [-0.3, -0.25) is 0 Å². The number of rotatable bonds is 3. The summed E-state index contributed by atoms with van der Waals surface area (Å²) >= 11 is 6.22. The van der Waals surface area contributed by atoms with Crippen molar-refractivity contribution in [3.05, 3.63) is 52.7 Å². The second kappa shape index (κ2) is 7.28. The molecule has 0 atom stereocenters. The van der Waals surface area contributed by atoms with Gasteiger partial charge < -0.3 is 24.3 Å². The Morgan fingerprint density at radius 1 is 1.14 bits per heavy atom. The third-order valence-corrected chi connectivity index (χ3v) is 5.49. The number of carbonyl (C=O) groups excluding carboxylic acids is 1. The highest BCUT2D eigenvalue weighted by molar-refractivity contribution is 6.32. The summed E-state index contributed by atoms with van der Waals surface area (Å²) in [6, 6.07) is 9.35. The van der Waals surface area contributed by atoms with Crippen molar-refractivity contribution in [2.75, 3.05) is 26.1 Å². The van der Waals surface area contributed by atoms with Crippen molar-refractivity contribution in [1.82, 2.24) is 9.47 Å². The van der Waals surface area contributed by atoms with E-state index in [4.69, 9.17) is 21.1 Å². The van der Waals surface area contributed by atoms with E-state index in [1.54, 1.807) is 19.2 Å². The van der Waals surface area contributed by atoms with E-state index in [1.807, 2.05) is 11.0 Å². The van der Waals surface area contributed by atoms with Crippen molar-refractivity contribution in [3.63, 3.8) is 0 Å². The van der Waals surface area contributed by atoms with Gasteiger partial charge in [-0.1, -0.05) is 23.7 Å². The fourth-order valence-electron chi connectivity index (χ4n) is 3.81. The number of halogens is 1. The topological polar surface area (TPSA) is 55.7 Å². The molecule has 146 valence electrons. The Hall–Kier alpha value is -2.86. The van der Waals surface area contributed by atoms with Gasteiger partial charge in [0.2, 0.25) is 0 Å². The molecule has 6 nitrogen and oxygen atoms in total. The van der Waals surface area contributed by atoms with E-state index >= 15 is 0 Å². The Balaban J connectivity index is 1.60. The van der Waals surface area contributed by atoms with Crippen molar-refractivity contribution in [1.29, 1.82) is 0 Å². The highest BCUT2D eigenvalue weighted by atomic mass is 35.5. The normalized spacial score (nSPS) is 13.4. The predicted molar refractivity (Wildman–Crippen MR) is 111 cm³/mol. The second-order valence-electron chi connectivity index (χ2n) is 6.87. The highest BCUT2D eigenvalue weighted by Crippen LogP contribution is 2.36. The van der Waals surface area contributed by atoms with Crippen molar-refractivity contribution in [3.8, 4) is 11.5 Å². The number of nitrogens with zero attached hydrogens (tertiary/aromatic N) is 2. The monoisotopic (exact) mass is 399 g/mol. The maximum atomic E-state index is 13.0. The summed E-state index contributed by atoms with van der Waals surface area (Å²) in [6.45, 7) is 1.18. The minimum atomic E-state index is -0.189. The fourth-order valence-corrected chi connectivity index (χ4v) is 4.05. The predicted octanol–water partition coefficient (Wildman–Crippen LogP) is 4.44. The molecule has 0 unspecified atom stereocenters. The molecule has 28 heavy (non-hydrogen) atoms. The maximum Gasteiger partial charge on any atom is 0.322 e. The van der Waals surface area contributed by atoms with Gasteiger partial charge in [0.25, 0.3) is 0 Å². The molecule has 0 aliphatic carbocycles. The summed E-state index contributed by atoms with van der Waals surface area (Å²) in [5, 5.41) is 4.59. The highest BCUT2D eigenvalue weighted by Gasteiger charge is 2.23. The van der Waals surface area contributed by atoms with Gasteiger partial charge in [0.05, 0.1) is 24.9 Å². The van der Waals surface area contributed by atoms with Gasteiger partial charge in [-0.2, -0.15) is 0 Å². The van der Waals surface area contributed by atoms with Crippen LogP contribution in [0.25, 0.3) is 10.9 Å². The zero-order chi connectivity index (χ0) is 19.8. The number of nitrogens with one attached hydrogen (secondary N) is 1. The lowest BCUT2D eigenvalue weighted by Crippen LogP contribution is -2.35.